The van der Waals surface area contributed by atoms with Crippen molar-refractivity contribution in [2.45, 2.75) is 26.2 Å². The van der Waals surface area contributed by atoms with Crippen molar-refractivity contribution >= 4 is 22.7 Å². The van der Waals surface area contributed by atoms with Gasteiger partial charge in [-0.3, -0.25) is 0 Å². The van der Waals surface area contributed by atoms with E-state index in [-0.39, 0.29) is 18.4 Å². The highest BCUT2D eigenvalue weighted by atomic mass is 19.1. The van der Waals surface area contributed by atoms with Gasteiger partial charge in [0.2, 0.25) is 5.95 Å². The number of nitrogens with one attached hydrogen (secondary N) is 1. The van der Waals surface area contributed by atoms with Gasteiger partial charge >= 0.3 is 0 Å². The number of fused-ring (bicyclic) bond motifs is 1. The molecule has 6 heteroatoms. The molecule has 114 valence electrons. The van der Waals surface area contributed by atoms with Gasteiger partial charge in [0.25, 0.3) is 0 Å². The van der Waals surface area contributed by atoms with E-state index in [0.717, 1.165) is 24.6 Å². The molecular formula is C15H21FN4O. The molecule has 0 saturated carbocycles. The molecule has 0 aliphatic heterocycles. The average Bonchev–Trinajstić information content (AvgIpc) is 2.44. The highest BCUT2D eigenvalue weighted by Crippen LogP contribution is 2.23. The number of halogens is 1. The third-order valence-corrected chi connectivity index (χ3v) is 3.47. The maximum absolute atomic E-state index is 13.3. The number of nitrogen functional groups attached to an aromatic ring is 1. The van der Waals surface area contributed by atoms with E-state index < -0.39 is 0 Å². The van der Waals surface area contributed by atoms with Crippen molar-refractivity contribution in [1.82, 2.24) is 9.97 Å². The van der Waals surface area contributed by atoms with Crippen LogP contribution in [0, 0.1) is 11.7 Å². The predicted octanol–water partition coefficient (Wildman–Crippen LogP) is 2.56. The summed E-state index contributed by atoms with van der Waals surface area (Å²) in [5, 5.41) is 13.1. The number of hydrogen-bond acceptors (Lipinski definition) is 5. The minimum atomic E-state index is -0.351. The Bertz CT molecular complexity index is 594. The van der Waals surface area contributed by atoms with Crippen LogP contribution >= 0.6 is 0 Å². The van der Waals surface area contributed by atoms with E-state index in [1.54, 1.807) is 6.07 Å². The van der Waals surface area contributed by atoms with Crippen LogP contribution in [0.15, 0.2) is 18.2 Å². The maximum atomic E-state index is 13.3. The van der Waals surface area contributed by atoms with Gasteiger partial charge in [0.05, 0.1) is 5.52 Å². The fourth-order valence-corrected chi connectivity index (χ4v) is 2.44. The van der Waals surface area contributed by atoms with Crippen LogP contribution in [0.25, 0.3) is 10.9 Å². The molecule has 1 atom stereocenters. The second-order valence-electron chi connectivity index (χ2n) is 5.14. The van der Waals surface area contributed by atoms with Crippen molar-refractivity contribution < 1.29 is 9.50 Å². The Morgan fingerprint density at radius 3 is 2.86 bits per heavy atom. The summed E-state index contributed by atoms with van der Waals surface area (Å²) in [6, 6.07) is 4.37. The van der Waals surface area contributed by atoms with E-state index in [1.165, 1.54) is 12.1 Å². The molecule has 4 N–H and O–H groups in total. The van der Waals surface area contributed by atoms with Gasteiger partial charge in [-0.15, -0.1) is 0 Å². The van der Waals surface area contributed by atoms with Crippen LogP contribution in [0.3, 0.4) is 0 Å². The Morgan fingerprint density at radius 1 is 1.33 bits per heavy atom. The molecule has 0 aliphatic carbocycles. The molecule has 5 nitrogen and oxygen atoms in total. The van der Waals surface area contributed by atoms with Gasteiger partial charge in [-0.25, -0.2) is 9.37 Å². The average molecular weight is 292 g/mol. The molecule has 0 spiro atoms. The van der Waals surface area contributed by atoms with Gasteiger partial charge in [-0.2, -0.15) is 4.98 Å². The van der Waals surface area contributed by atoms with Gasteiger partial charge < -0.3 is 16.2 Å². The molecule has 0 fully saturated rings. The Morgan fingerprint density at radius 2 is 2.14 bits per heavy atom. The van der Waals surface area contributed by atoms with Gasteiger partial charge in [-0.1, -0.05) is 13.3 Å². The third-order valence-electron chi connectivity index (χ3n) is 3.47. The summed E-state index contributed by atoms with van der Waals surface area (Å²) in [7, 11) is 0. The zero-order valence-electron chi connectivity index (χ0n) is 12.1. The quantitative estimate of drug-likeness (QED) is 0.730. The molecule has 2 aromatic rings. The first-order chi connectivity index (χ1) is 10.1. The van der Waals surface area contributed by atoms with Crippen LogP contribution < -0.4 is 11.1 Å². The lowest BCUT2D eigenvalue weighted by atomic mass is 10.0. The van der Waals surface area contributed by atoms with Gasteiger partial charge in [0.1, 0.15) is 11.6 Å². The first kappa shape index (κ1) is 15.4. The van der Waals surface area contributed by atoms with E-state index in [2.05, 4.69) is 22.2 Å². The number of aromatic nitrogens is 2. The Balaban J connectivity index is 2.21. The number of nitrogens with two attached hydrogens (primary N) is 1. The fraction of sp³-hybridized carbons (Fsp3) is 0.467. The van der Waals surface area contributed by atoms with Gasteiger partial charge in [0.15, 0.2) is 0 Å². The maximum Gasteiger partial charge on any atom is 0.222 e. The van der Waals surface area contributed by atoms with Crippen molar-refractivity contribution in [1.29, 1.82) is 0 Å². The van der Waals surface area contributed by atoms with Crippen molar-refractivity contribution in [2.24, 2.45) is 5.92 Å². The summed E-state index contributed by atoms with van der Waals surface area (Å²) in [6.45, 7) is 2.98. The zero-order chi connectivity index (χ0) is 15.2. The molecule has 0 saturated heterocycles. The number of aliphatic hydroxyl groups excluding tert-OH is 1. The molecule has 0 radical (unpaired) electrons. The van der Waals surface area contributed by atoms with Gasteiger partial charge in [0, 0.05) is 24.6 Å². The van der Waals surface area contributed by atoms with E-state index in [0.29, 0.717) is 23.8 Å². The van der Waals surface area contributed by atoms with Crippen LogP contribution in [-0.4, -0.2) is 28.2 Å². The lowest BCUT2D eigenvalue weighted by molar-refractivity contribution is 0.255. The molecule has 0 amide bonds. The number of benzene rings is 1. The zero-order valence-corrected chi connectivity index (χ0v) is 12.1. The molecule has 0 aliphatic rings. The van der Waals surface area contributed by atoms with E-state index in [4.69, 9.17) is 10.8 Å². The smallest absolute Gasteiger partial charge is 0.222 e. The highest BCUT2D eigenvalue weighted by Gasteiger charge is 2.11. The molecular weight excluding hydrogens is 271 g/mol. The van der Waals surface area contributed by atoms with Crippen molar-refractivity contribution in [2.75, 3.05) is 24.2 Å². The number of hydrogen-bond donors (Lipinski definition) is 3. The number of rotatable bonds is 7. The van der Waals surface area contributed by atoms with Crippen molar-refractivity contribution in [3.05, 3.63) is 24.0 Å². The summed E-state index contributed by atoms with van der Waals surface area (Å²) in [5.41, 5.74) is 6.16. The number of aliphatic hydroxyl groups is 1. The Labute approximate surface area is 123 Å². The lowest BCUT2D eigenvalue weighted by Gasteiger charge is -2.17. The van der Waals surface area contributed by atoms with Crippen LogP contribution in [-0.2, 0) is 0 Å². The first-order valence-electron chi connectivity index (χ1n) is 7.21. The summed E-state index contributed by atoms with van der Waals surface area (Å²) in [4.78, 5) is 8.24. The molecule has 0 unspecified atom stereocenters. The lowest BCUT2D eigenvalue weighted by Crippen LogP contribution is -2.17. The predicted molar refractivity (Wildman–Crippen MR) is 82.5 cm³/mol. The molecule has 21 heavy (non-hydrogen) atoms. The van der Waals surface area contributed by atoms with Crippen LogP contribution in [0.5, 0.6) is 0 Å². The Hall–Kier alpha value is -1.95. The van der Waals surface area contributed by atoms with E-state index >= 15 is 0 Å². The van der Waals surface area contributed by atoms with Gasteiger partial charge in [-0.05, 0) is 30.9 Å². The van der Waals surface area contributed by atoms with Crippen molar-refractivity contribution in [3.8, 4) is 0 Å². The minimum Gasteiger partial charge on any atom is -0.396 e. The molecule has 1 aromatic carbocycles. The normalized spacial score (nSPS) is 12.5. The first-order valence-corrected chi connectivity index (χ1v) is 7.21. The summed E-state index contributed by atoms with van der Waals surface area (Å²) in [6.07, 6.45) is 2.83. The molecule has 1 aromatic heterocycles. The largest absolute Gasteiger partial charge is 0.396 e. The van der Waals surface area contributed by atoms with Crippen LogP contribution in [0.2, 0.25) is 0 Å². The number of anilines is 2. The van der Waals surface area contributed by atoms with E-state index in [1.807, 2.05) is 0 Å². The molecule has 2 rings (SSSR count). The third kappa shape index (κ3) is 4.01. The standard InChI is InChI=1S/C15H21FN4O/c1-2-3-10(6-7-21)9-18-14-12-5-4-11(16)8-13(12)19-15(17)20-14/h4-5,8,10,21H,2-3,6-7,9H2,1H3,(H3,17,18,19,20)/t10-/m0/s1. The number of nitrogens with zero attached hydrogens (tertiary/aromatic N) is 2. The van der Waals surface area contributed by atoms with E-state index in [9.17, 15) is 4.39 Å². The van der Waals surface area contributed by atoms with Crippen LogP contribution in [0.1, 0.15) is 26.2 Å². The van der Waals surface area contributed by atoms with Crippen LogP contribution in [0.4, 0.5) is 16.2 Å². The SMILES string of the molecule is CCC[C@@H](CCO)CNc1nc(N)nc2cc(F)ccc12. The topological polar surface area (TPSA) is 84.1 Å². The second kappa shape index (κ2) is 7.17. The monoisotopic (exact) mass is 292 g/mol. The summed E-state index contributed by atoms with van der Waals surface area (Å²) < 4.78 is 13.3. The molecule has 0 bridgehead atoms. The van der Waals surface area contributed by atoms with Crippen molar-refractivity contribution in [3.63, 3.8) is 0 Å². The fourth-order valence-electron chi connectivity index (χ4n) is 2.44. The highest BCUT2D eigenvalue weighted by molar-refractivity contribution is 5.89. The molecule has 1 heterocycles. The summed E-state index contributed by atoms with van der Waals surface area (Å²) in [5.74, 6) is 0.740. The second-order valence-corrected chi connectivity index (χ2v) is 5.14. The minimum absolute atomic E-state index is 0.116. The summed E-state index contributed by atoms with van der Waals surface area (Å²) >= 11 is 0. The Kier molecular flexibility index (Phi) is 5.27.